The molecule has 1 aliphatic rings. The third-order valence-electron chi connectivity index (χ3n) is 6.02. The lowest BCUT2D eigenvalue weighted by Gasteiger charge is -2.22. The van der Waals surface area contributed by atoms with Crippen molar-refractivity contribution in [3.63, 3.8) is 0 Å². The number of hydrogen-bond donors (Lipinski definition) is 1. The van der Waals surface area contributed by atoms with Gasteiger partial charge in [-0.1, -0.05) is 51.1 Å². The number of fused-ring (bicyclic) bond motifs is 1. The first kappa shape index (κ1) is 26.0. The van der Waals surface area contributed by atoms with Crippen molar-refractivity contribution in [3.05, 3.63) is 71.1 Å². The van der Waals surface area contributed by atoms with Crippen LogP contribution in [0.25, 0.3) is 10.9 Å². The van der Waals surface area contributed by atoms with Crippen molar-refractivity contribution in [2.75, 3.05) is 0 Å². The number of ether oxygens (including phenoxy) is 1. The summed E-state index contributed by atoms with van der Waals surface area (Å²) in [7, 11) is 0. The molecule has 2 aromatic carbocycles. The third kappa shape index (κ3) is 5.49. The van der Waals surface area contributed by atoms with Crippen molar-refractivity contribution < 1.29 is 19.6 Å². The fraction of sp³-hybridized carbons (Fsp3) is 0.333. The zero-order chi connectivity index (χ0) is 26.0. The van der Waals surface area contributed by atoms with E-state index in [1.165, 1.54) is 29.9 Å². The molecule has 1 heterocycles. The number of halogens is 2. The number of rotatable bonds is 7. The van der Waals surface area contributed by atoms with E-state index in [-0.39, 0.29) is 22.8 Å². The van der Waals surface area contributed by atoms with Gasteiger partial charge in [0.15, 0.2) is 6.10 Å². The van der Waals surface area contributed by atoms with Gasteiger partial charge in [-0.15, -0.1) is 0 Å². The van der Waals surface area contributed by atoms with Gasteiger partial charge in [-0.25, -0.2) is 9.78 Å². The molecule has 12 heteroatoms. The van der Waals surface area contributed by atoms with Crippen molar-refractivity contribution in [3.8, 4) is 5.75 Å². The molecule has 1 aliphatic carbocycles. The quantitative estimate of drug-likeness (QED) is 0.206. The van der Waals surface area contributed by atoms with Gasteiger partial charge in [0.1, 0.15) is 5.82 Å². The summed E-state index contributed by atoms with van der Waals surface area (Å²) in [6.45, 7) is 1.27. The van der Waals surface area contributed by atoms with E-state index >= 15 is 0 Å². The molecule has 1 atom stereocenters. The molecule has 0 aliphatic heterocycles. The van der Waals surface area contributed by atoms with Crippen LogP contribution in [0.3, 0.4) is 0 Å². The smallest absolute Gasteiger partial charge is 0.344 e. The van der Waals surface area contributed by atoms with E-state index in [0.29, 0.717) is 21.2 Å². The number of nitro groups is 1. The predicted molar refractivity (Wildman–Crippen MR) is 141 cm³/mol. The lowest BCUT2D eigenvalue weighted by atomic mass is 9.88. The summed E-state index contributed by atoms with van der Waals surface area (Å²) in [5, 5.41) is 25.7. The van der Waals surface area contributed by atoms with E-state index in [9.17, 15) is 24.8 Å². The van der Waals surface area contributed by atoms with Crippen LogP contribution in [0.2, 0.25) is 0 Å². The van der Waals surface area contributed by atoms with Crippen LogP contribution in [0, 0.1) is 10.1 Å². The average Bonchev–Trinajstić information content (AvgIpc) is 2.85. The predicted octanol–water partition coefficient (Wildman–Crippen LogP) is 5.61. The van der Waals surface area contributed by atoms with Crippen molar-refractivity contribution in [1.29, 1.82) is 0 Å². The van der Waals surface area contributed by atoms with Crippen molar-refractivity contribution >= 4 is 60.6 Å². The molecule has 4 rings (SSSR count). The maximum absolute atomic E-state index is 13.5. The van der Waals surface area contributed by atoms with E-state index in [1.807, 2.05) is 6.07 Å². The van der Waals surface area contributed by atoms with Gasteiger partial charge in [0.25, 0.3) is 5.56 Å². The van der Waals surface area contributed by atoms with E-state index in [4.69, 9.17) is 9.72 Å². The molecule has 188 valence electrons. The van der Waals surface area contributed by atoms with Crippen molar-refractivity contribution in [2.24, 2.45) is 5.10 Å². The Kier molecular flexibility index (Phi) is 7.84. The molecule has 36 heavy (non-hydrogen) atoms. The highest BCUT2D eigenvalue weighted by Crippen LogP contribution is 2.35. The zero-order valence-electron chi connectivity index (χ0n) is 19.2. The molecule has 10 nitrogen and oxygen atoms in total. The maximum Gasteiger partial charge on any atom is 0.344 e. The summed E-state index contributed by atoms with van der Waals surface area (Å²) in [4.78, 5) is 40.7. The monoisotopic (exact) mass is 620 g/mol. The van der Waals surface area contributed by atoms with Crippen LogP contribution >= 0.6 is 31.9 Å². The summed E-state index contributed by atoms with van der Waals surface area (Å²) >= 11 is 6.63. The molecule has 0 unspecified atom stereocenters. The summed E-state index contributed by atoms with van der Waals surface area (Å²) in [6.07, 6.45) is 4.82. The summed E-state index contributed by atoms with van der Waals surface area (Å²) < 4.78 is 7.77. The number of aliphatic carboxylic acids is 1. The number of carbonyl (C=O) groups is 1. The number of carboxylic acid groups (broad SMARTS) is 1. The van der Waals surface area contributed by atoms with E-state index in [1.54, 1.807) is 12.1 Å². The second kappa shape index (κ2) is 10.9. The molecule has 0 radical (unpaired) electrons. The van der Waals surface area contributed by atoms with E-state index in [0.717, 1.165) is 36.6 Å². The number of aromatic nitrogens is 2. The van der Waals surface area contributed by atoms with Gasteiger partial charge in [-0.2, -0.15) is 9.78 Å². The SMILES string of the molecule is C[C@H](Oc1c(C=Nn2c(C3CCCCC3)nc3ccc(Br)cc3c2=O)cc(Br)cc1[N+](=O)[O-])C(=O)O. The highest BCUT2D eigenvalue weighted by atomic mass is 79.9. The molecule has 1 N–H and O–H groups in total. The molecular weight excluding hydrogens is 600 g/mol. The van der Waals surface area contributed by atoms with Crippen LogP contribution in [-0.2, 0) is 4.79 Å². The molecule has 0 spiro atoms. The van der Waals surface area contributed by atoms with Gasteiger partial charge >= 0.3 is 11.7 Å². The van der Waals surface area contributed by atoms with Crippen LogP contribution in [0.4, 0.5) is 5.69 Å². The Morgan fingerprint density at radius 3 is 2.64 bits per heavy atom. The van der Waals surface area contributed by atoms with Gasteiger partial charge in [0.05, 0.1) is 22.0 Å². The number of carboxylic acids is 1. The molecule has 1 saturated carbocycles. The van der Waals surface area contributed by atoms with Crippen LogP contribution in [-0.4, -0.2) is 38.0 Å². The fourth-order valence-electron chi connectivity index (χ4n) is 4.21. The Hall–Kier alpha value is -3.12. The minimum Gasteiger partial charge on any atom is -0.479 e. The first-order valence-electron chi connectivity index (χ1n) is 11.3. The van der Waals surface area contributed by atoms with Gasteiger partial charge in [0, 0.05) is 26.5 Å². The van der Waals surface area contributed by atoms with Crippen LogP contribution in [0.1, 0.15) is 56.3 Å². The topological polar surface area (TPSA) is 137 Å². The Balaban J connectivity index is 1.90. The van der Waals surface area contributed by atoms with Crippen LogP contribution in [0.5, 0.6) is 5.75 Å². The lowest BCUT2D eigenvalue weighted by molar-refractivity contribution is -0.386. The minimum absolute atomic E-state index is 0.0382. The Labute approximate surface area is 222 Å². The molecule has 0 saturated heterocycles. The molecule has 0 bridgehead atoms. The van der Waals surface area contributed by atoms with E-state index < -0.39 is 22.7 Å². The first-order valence-corrected chi connectivity index (χ1v) is 12.9. The van der Waals surface area contributed by atoms with Crippen LogP contribution in [0.15, 0.2) is 49.2 Å². The normalized spacial score (nSPS) is 15.3. The highest BCUT2D eigenvalue weighted by Gasteiger charge is 2.26. The van der Waals surface area contributed by atoms with Gasteiger partial charge in [0.2, 0.25) is 5.75 Å². The second-order valence-corrected chi connectivity index (χ2v) is 10.4. The summed E-state index contributed by atoms with van der Waals surface area (Å²) in [5.41, 5.74) is -0.101. The lowest BCUT2D eigenvalue weighted by Crippen LogP contribution is -2.25. The molecule has 1 fully saturated rings. The van der Waals surface area contributed by atoms with Gasteiger partial charge in [-0.05, 0) is 44.0 Å². The largest absolute Gasteiger partial charge is 0.479 e. The minimum atomic E-state index is -1.35. The summed E-state index contributed by atoms with van der Waals surface area (Å²) in [6, 6.07) is 8.00. The summed E-state index contributed by atoms with van der Waals surface area (Å²) in [5.74, 6) is -0.978. The third-order valence-corrected chi connectivity index (χ3v) is 6.97. The molecule has 0 amide bonds. The Morgan fingerprint density at radius 2 is 1.97 bits per heavy atom. The highest BCUT2D eigenvalue weighted by molar-refractivity contribution is 9.10. The molecule has 1 aromatic heterocycles. The first-order chi connectivity index (χ1) is 17.2. The maximum atomic E-state index is 13.5. The standard InChI is InChI=1S/C24H22Br2N4O6/c1-13(24(32)33)36-21-15(9-17(26)11-20(21)30(34)35)12-27-29-22(14-5-3-2-4-6-14)28-19-8-7-16(25)10-18(19)23(29)31/h7-14H,2-6H2,1H3,(H,32,33)/t13-/m0/s1. The number of hydrogen-bond acceptors (Lipinski definition) is 7. The Bertz CT molecular complexity index is 1430. The second-order valence-electron chi connectivity index (χ2n) is 8.53. The van der Waals surface area contributed by atoms with Gasteiger partial charge < -0.3 is 9.84 Å². The number of nitrogens with zero attached hydrogens (tertiary/aromatic N) is 4. The van der Waals surface area contributed by atoms with E-state index in [2.05, 4.69) is 37.0 Å². The number of benzene rings is 2. The number of nitro benzene ring substituents is 1. The molecule has 3 aromatic rings. The Morgan fingerprint density at radius 1 is 1.25 bits per heavy atom. The fourth-order valence-corrected chi connectivity index (χ4v) is 5.03. The molecular formula is C24H22Br2N4O6. The van der Waals surface area contributed by atoms with Crippen LogP contribution < -0.4 is 10.3 Å². The average molecular weight is 622 g/mol. The zero-order valence-corrected chi connectivity index (χ0v) is 22.4. The van der Waals surface area contributed by atoms with Crippen molar-refractivity contribution in [1.82, 2.24) is 9.66 Å². The van der Waals surface area contributed by atoms with Crippen molar-refractivity contribution in [2.45, 2.75) is 51.0 Å². The van der Waals surface area contributed by atoms with Gasteiger partial charge in [-0.3, -0.25) is 14.9 Å².